The summed E-state index contributed by atoms with van der Waals surface area (Å²) in [5, 5.41) is 12.4. The van der Waals surface area contributed by atoms with Crippen molar-refractivity contribution in [3.63, 3.8) is 0 Å². The van der Waals surface area contributed by atoms with E-state index in [1.54, 1.807) is 54.9 Å². The number of ether oxygens (including phenoxy) is 1. The molecule has 9 heterocycles. The summed E-state index contributed by atoms with van der Waals surface area (Å²) >= 11 is 0. The van der Waals surface area contributed by atoms with Gasteiger partial charge in [0.15, 0.2) is 5.82 Å². The van der Waals surface area contributed by atoms with E-state index in [0.717, 1.165) is 53.1 Å². The molecule has 0 spiro atoms. The SMILES string of the molecule is CC(=O)N1CCc2c(c(N3CCCc4cc(-c5cn(C/C(N)=C/N(N)C6CN(c7ccc(C(=O)NC8CCC(=O)NC8=O)nc7)C6)c6ccncc56)c(C(F)F)cc43)nn2C2CCOCC2)C1. The summed E-state index contributed by atoms with van der Waals surface area (Å²) in [6.45, 7) is 5.89. The Balaban J connectivity index is 0.862. The third kappa shape index (κ3) is 8.54. The highest BCUT2D eigenvalue weighted by Crippen LogP contribution is 2.45. The van der Waals surface area contributed by atoms with Gasteiger partial charge in [-0.2, -0.15) is 5.10 Å². The van der Waals surface area contributed by atoms with Crippen LogP contribution >= 0.6 is 0 Å². The molecule has 67 heavy (non-hydrogen) atoms. The first-order chi connectivity index (χ1) is 32.4. The quantitative estimate of drug-likeness (QED) is 0.0840. The Morgan fingerprint density at radius 1 is 1.04 bits per heavy atom. The minimum Gasteiger partial charge on any atom is -0.399 e. The Hall–Kier alpha value is -6.93. The first-order valence-electron chi connectivity index (χ1n) is 22.8. The number of fused-ring (bicyclic) bond motifs is 3. The molecule has 6 N–H and O–H groups in total. The summed E-state index contributed by atoms with van der Waals surface area (Å²) in [7, 11) is 0. The third-order valence-corrected chi connectivity index (χ3v) is 13.7. The average Bonchev–Trinajstić information content (AvgIpc) is 3.87. The third-order valence-electron chi connectivity index (χ3n) is 13.7. The average molecular weight is 918 g/mol. The van der Waals surface area contributed by atoms with Crippen molar-refractivity contribution in [2.45, 2.75) is 89.5 Å². The lowest BCUT2D eigenvalue weighted by Crippen LogP contribution is -2.60. The van der Waals surface area contributed by atoms with Gasteiger partial charge in [-0.15, -0.1) is 0 Å². The number of hydrazine groups is 1. The number of hydrogen-bond acceptors (Lipinski definition) is 13. The summed E-state index contributed by atoms with van der Waals surface area (Å²) in [6.07, 6.45) is 9.95. The van der Waals surface area contributed by atoms with Crippen molar-refractivity contribution in [3.8, 4) is 11.1 Å². The van der Waals surface area contributed by atoms with E-state index in [0.29, 0.717) is 86.7 Å². The number of aryl methyl sites for hydroxylation is 1. The van der Waals surface area contributed by atoms with Crippen LogP contribution in [0.1, 0.15) is 84.4 Å². The molecule has 1 unspecified atom stereocenters. The fourth-order valence-corrected chi connectivity index (χ4v) is 10.1. The van der Waals surface area contributed by atoms with Gasteiger partial charge in [-0.25, -0.2) is 19.6 Å². The first kappa shape index (κ1) is 43.9. The number of pyridine rings is 2. The minimum absolute atomic E-state index is 0.00496. The normalized spacial score (nSPS) is 19.3. The number of amides is 4. The van der Waals surface area contributed by atoms with Crippen molar-refractivity contribution in [3.05, 3.63) is 95.1 Å². The molecule has 20 heteroatoms. The van der Waals surface area contributed by atoms with Gasteiger partial charge in [-0.1, -0.05) is 0 Å². The fraction of sp³-hybridized carbons (Fsp3) is 0.426. The number of piperidine rings is 1. The summed E-state index contributed by atoms with van der Waals surface area (Å²) < 4.78 is 40.6. The van der Waals surface area contributed by atoms with E-state index in [1.165, 1.54) is 0 Å². The Kier molecular flexibility index (Phi) is 11.8. The van der Waals surface area contributed by atoms with Gasteiger partial charge in [0.1, 0.15) is 11.7 Å². The number of carbonyl (C=O) groups is 4. The highest BCUT2D eigenvalue weighted by atomic mass is 19.3. The highest BCUT2D eigenvalue weighted by Gasteiger charge is 2.35. The number of nitrogens with one attached hydrogen (secondary N) is 2. The molecule has 5 aliphatic heterocycles. The van der Waals surface area contributed by atoms with Crippen LogP contribution in [0, 0.1) is 0 Å². The van der Waals surface area contributed by atoms with Gasteiger partial charge in [-0.05, 0) is 73.6 Å². The van der Waals surface area contributed by atoms with Crippen LogP contribution in [-0.2, 0) is 45.1 Å². The second kappa shape index (κ2) is 18.0. The molecular weight excluding hydrogens is 865 g/mol. The maximum Gasteiger partial charge on any atom is 0.270 e. The van der Waals surface area contributed by atoms with Gasteiger partial charge in [0.2, 0.25) is 17.7 Å². The van der Waals surface area contributed by atoms with Crippen LogP contribution < -0.4 is 32.0 Å². The van der Waals surface area contributed by atoms with E-state index in [9.17, 15) is 19.2 Å². The number of nitrogens with two attached hydrogens (primary N) is 2. The molecule has 0 bridgehead atoms. The maximum absolute atomic E-state index is 15.4. The molecule has 5 aromatic rings. The van der Waals surface area contributed by atoms with Gasteiger partial charge in [0, 0.05) is 123 Å². The van der Waals surface area contributed by atoms with Crippen molar-refractivity contribution in [2.24, 2.45) is 11.6 Å². The number of nitrogens with zero attached hydrogens (tertiary/aromatic N) is 9. The smallest absolute Gasteiger partial charge is 0.270 e. The maximum atomic E-state index is 15.4. The molecule has 3 fully saturated rings. The lowest BCUT2D eigenvalue weighted by Gasteiger charge is -2.44. The van der Waals surface area contributed by atoms with E-state index in [-0.39, 0.29) is 54.5 Å². The van der Waals surface area contributed by atoms with Crippen molar-refractivity contribution >= 4 is 51.7 Å². The number of aromatic nitrogens is 5. The van der Waals surface area contributed by atoms with Crippen LogP contribution in [-0.4, -0.2) is 109 Å². The second-order valence-electron chi connectivity index (χ2n) is 18.0. The molecule has 1 atom stereocenters. The van der Waals surface area contributed by atoms with Gasteiger partial charge in [-0.3, -0.25) is 34.2 Å². The van der Waals surface area contributed by atoms with Gasteiger partial charge in [0.25, 0.3) is 12.3 Å². The molecule has 4 aromatic heterocycles. The number of carbonyl (C=O) groups excluding carboxylic acids is 4. The van der Waals surface area contributed by atoms with Crippen molar-refractivity contribution in [1.29, 1.82) is 0 Å². The number of rotatable bonds is 11. The van der Waals surface area contributed by atoms with E-state index < -0.39 is 24.3 Å². The number of allylic oxidation sites excluding steroid dienone is 1. The minimum atomic E-state index is -2.78. The van der Waals surface area contributed by atoms with Crippen LogP contribution in [0.4, 0.5) is 26.0 Å². The zero-order valence-corrected chi connectivity index (χ0v) is 37.2. The summed E-state index contributed by atoms with van der Waals surface area (Å²) in [5.74, 6) is 5.84. The van der Waals surface area contributed by atoms with Crippen LogP contribution in [0.25, 0.3) is 22.0 Å². The van der Waals surface area contributed by atoms with E-state index in [4.69, 9.17) is 21.4 Å². The number of imide groups is 1. The standard InChI is InChI=1S/C47H53F2N13O5/c1-27(63)57-14-9-41-37(26-57)45(56-62(41)30-10-15-67-16-11-30)60-13-2-3-28-17-33(34(44(48)49)18-42(28)60)36-25-59(40-8-12-52-20-35(36)40)21-29(50)22-61(51)32-23-58(24-32)31-4-5-38(53-19-31)46(65)54-39-6-7-43(64)55-47(39)66/h4-5,8,12,17-20,22,25,30,32,39,44H,2-3,6-7,9-11,13-16,21,23-24,26,50-51H2,1H3,(H,54,65)(H,55,64,66)/b29-22-. The first-order valence-corrected chi connectivity index (χ1v) is 22.8. The van der Waals surface area contributed by atoms with Crippen molar-refractivity contribution in [1.82, 2.24) is 44.9 Å². The van der Waals surface area contributed by atoms with Gasteiger partial charge in [0.05, 0.1) is 42.6 Å². The van der Waals surface area contributed by atoms with E-state index in [2.05, 4.69) is 35.1 Å². The van der Waals surface area contributed by atoms with Crippen LogP contribution in [0.3, 0.4) is 0 Å². The number of halogens is 2. The zero-order chi connectivity index (χ0) is 46.5. The molecule has 350 valence electrons. The Morgan fingerprint density at radius 2 is 1.87 bits per heavy atom. The molecule has 10 rings (SSSR count). The fourth-order valence-electron chi connectivity index (χ4n) is 10.1. The van der Waals surface area contributed by atoms with Crippen LogP contribution in [0.2, 0.25) is 0 Å². The predicted molar refractivity (Wildman–Crippen MR) is 244 cm³/mol. The Labute approximate surface area is 384 Å². The summed E-state index contributed by atoms with van der Waals surface area (Å²) in [6, 6.07) is 8.03. The summed E-state index contributed by atoms with van der Waals surface area (Å²) in [5.41, 5.74) is 13.5. The van der Waals surface area contributed by atoms with Gasteiger partial charge < -0.3 is 40.1 Å². The number of benzene rings is 1. The molecule has 1 aromatic carbocycles. The van der Waals surface area contributed by atoms with E-state index in [1.807, 2.05) is 27.8 Å². The molecule has 0 radical (unpaired) electrons. The topological polar surface area (TPSA) is 215 Å². The zero-order valence-electron chi connectivity index (χ0n) is 37.2. The Bertz CT molecular complexity index is 2780. The highest BCUT2D eigenvalue weighted by molar-refractivity contribution is 6.03. The lowest BCUT2D eigenvalue weighted by atomic mass is 9.91. The number of alkyl halides is 2. The van der Waals surface area contributed by atoms with Crippen molar-refractivity contribution in [2.75, 3.05) is 49.2 Å². The summed E-state index contributed by atoms with van der Waals surface area (Å²) in [4.78, 5) is 63.5. The molecule has 0 saturated carbocycles. The predicted octanol–water partition coefficient (Wildman–Crippen LogP) is 3.97. The Morgan fingerprint density at radius 3 is 2.61 bits per heavy atom. The molecule has 18 nitrogen and oxygen atoms in total. The largest absolute Gasteiger partial charge is 0.399 e. The molecular formula is C47H53F2N13O5. The monoisotopic (exact) mass is 917 g/mol. The van der Waals surface area contributed by atoms with Crippen LogP contribution in [0.5, 0.6) is 0 Å². The number of hydrogen-bond donors (Lipinski definition) is 4. The second-order valence-corrected chi connectivity index (χ2v) is 18.0. The van der Waals surface area contributed by atoms with Crippen LogP contribution in [0.15, 0.2) is 67.0 Å². The lowest BCUT2D eigenvalue weighted by molar-refractivity contribution is -0.134. The van der Waals surface area contributed by atoms with Crippen molar-refractivity contribution < 1.29 is 32.7 Å². The van der Waals surface area contributed by atoms with Gasteiger partial charge >= 0.3 is 0 Å². The molecule has 5 aliphatic rings. The molecule has 4 amide bonds. The molecule has 3 saturated heterocycles. The number of anilines is 3. The molecule has 0 aliphatic carbocycles. The van der Waals surface area contributed by atoms with E-state index >= 15 is 8.78 Å².